The normalized spacial score (nSPS) is 16.1. The van der Waals surface area contributed by atoms with Gasteiger partial charge in [0, 0.05) is 22.0 Å². The first-order chi connectivity index (χ1) is 14.9. The molecule has 4 nitrogen and oxygen atoms in total. The van der Waals surface area contributed by atoms with Crippen molar-refractivity contribution in [3.05, 3.63) is 94.5 Å². The predicted molar refractivity (Wildman–Crippen MR) is 129 cm³/mol. The van der Waals surface area contributed by atoms with Crippen molar-refractivity contribution < 1.29 is 9.59 Å². The van der Waals surface area contributed by atoms with Crippen LogP contribution in [0.5, 0.6) is 0 Å². The zero-order valence-corrected chi connectivity index (χ0v) is 18.9. The third-order valence-corrected chi connectivity index (χ3v) is 6.71. The SMILES string of the molecule is CC(C)c1ccc(N2C(=O)CSC2c2cccc(NC(=O)c3ccc(Cl)cc3)c2)cc1. The molecule has 0 spiro atoms. The number of halogens is 1. The van der Waals surface area contributed by atoms with Crippen LogP contribution in [0.2, 0.25) is 5.02 Å². The van der Waals surface area contributed by atoms with Crippen molar-refractivity contribution in [3.63, 3.8) is 0 Å². The average Bonchev–Trinajstić information content (AvgIpc) is 3.16. The van der Waals surface area contributed by atoms with E-state index in [9.17, 15) is 9.59 Å². The van der Waals surface area contributed by atoms with E-state index in [1.807, 2.05) is 41.3 Å². The molecule has 1 N–H and O–H groups in total. The van der Waals surface area contributed by atoms with E-state index in [4.69, 9.17) is 11.6 Å². The molecule has 1 aliphatic rings. The summed E-state index contributed by atoms with van der Waals surface area (Å²) in [5, 5.41) is 3.38. The molecule has 0 radical (unpaired) electrons. The first kappa shape index (κ1) is 21.5. The van der Waals surface area contributed by atoms with Gasteiger partial charge in [0.05, 0.1) is 5.75 Å². The fraction of sp³-hybridized carbons (Fsp3) is 0.200. The van der Waals surface area contributed by atoms with Crippen molar-refractivity contribution in [2.75, 3.05) is 16.0 Å². The Kier molecular flexibility index (Phi) is 6.35. The highest BCUT2D eigenvalue weighted by atomic mass is 35.5. The Morgan fingerprint density at radius 1 is 1.06 bits per heavy atom. The number of rotatable bonds is 5. The van der Waals surface area contributed by atoms with E-state index >= 15 is 0 Å². The van der Waals surface area contributed by atoms with E-state index < -0.39 is 0 Å². The Morgan fingerprint density at radius 3 is 2.45 bits per heavy atom. The zero-order chi connectivity index (χ0) is 22.0. The zero-order valence-electron chi connectivity index (χ0n) is 17.3. The number of amides is 2. The highest BCUT2D eigenvalue weighted by molar-refractivity contribution is 8.00. The molecule has 1 heterocycles. The van der Waals surface area contributed by atoms with Crippen LogP contribution >= 0.6 is 23.4 Å². The summed E-state index contributed by atoms with van der Waals surface area (Å²) in [6, 6.07) is 22.6. The molecule has 1 unspecified atom stereocenters. The van der Waals surface area contributed by atoms with Gasteiger partial charge in [-0.25, -0.2) is 0 Å². The lowest BCUT2D eigenvalue weighted by Crippen LogP contribution is -2.27. The number of nitrogens with one attached hydrogen (secondary N) is 1. The molecule has 1 aliphatic heterocycles. The molecular weight excluding hydrogens is 428 g/mol. The van der Waals surface area contributed by atoms with Crippen LogP contribution in [0.3, 0.4) is 0 Å². The minimum absolute atomic E-state index is 0.0860. The van der Waals surface area contributed by atoms with Gasteiger partial charge in [-0.15, -0.1) is 11.8 Å². The third-order valence-electron chi connectivity index (χ3n) is 5.24. The highest BCUT2D eigenvalue weighted by Crippen LogP contribution is 2.42. The van der Waals surface area contributed by atoms with Crippen molar-refractivity contribution >= 4 is 46.6 Å². The van der Waals surface area contributed by atoms with E-state index in [1.54, 1.807) is 36.0 Å². The molecule has 158 valence electrons. The van der Waals surface area contributed by atoms with E-state index in [1.165, 1.54) is 5.56 Å². The van der Waals surface area contributed by atoms with Crippen LogP contribution in [-0.4, -0.2) is 17.6 Å². The summed E-state index contributed by atoms with van der Waals surface area (Å²) in [5.41, 5.74) is 4.32. The molecule has 1 saturated heterocycles. The van der Waals surface area contributed by atoms with E-state index in [-0.39, 0.29) is 17.2 Å². The van der Waals surface area contributed by atoms with Crippen molar-refractivity contribution in [1.82, 2.24) is 0 Å². The minimum atomic E-state index is -0.204. The molecular formula is C25H23ClN2O2S. The van der Waals surface area contributed by atoms with Gasteiger partial charge in [-0.05, 0) is 65.6 Å². The van der Waals surface area contributed by atoms with Gasteiger partial charge in [0.1, 0.15) is 5.37 Å². The van der Waals surface area contributed by atoms with Gasteiger partial charge in [-0.3, -0.25) is 14.5 Å². The van der Waals surface area contributed by atoms with Crippen molar-refractivity contribution in [2.24, 2.45) is 0 Å². The number of benzene rings is 3. The third kappa shape index (κ3) is 4.78. The Morgan fingerprint density at radius 2 is 1.77 bits per heavy atom. The van der Waals surface area contributed by atoms with E-state index in [2.05, 4.69) is 31.3 Å². The van der Waals surface area contributed by atoms with Gasteiger partial charge >= 0.3 is 0 Å². The quantitative estimate of drug-likeness (QED) is 0.483. The van der Waals surface area contributed by atoms with Gasteiger partial charge in [-0.2, -0.15) is 0 Å². The molecule has 0 bridgehead atoms. The fourth-order valence-corrected chi connectivity index (χ4v) is 4.84. The summed E-state index contributed by atoms with van der Waals surface area (Å²) >= 11 is 7.50. The summed E-state index contributed by atoms with van der Waals surface area (Å²) in [7, 11) is 0. The predicted octanol–water partition coefficient (Wildman–Crippen LogP) is 6.49. The maximum absolute atomic E-state index is 12.7. The largest absolute Gasteiger partial charge is 0.322 e. The van der Waals surface area contributed by atoms with Crippen molar-refractivity contribution in [3.8, 4) is 0 Å². The molecule has 6 heteroatoms. The summed E-state index contributed by atoms with van der Waals surface area (Å²) in [6.45, 7) is 4.30. The van der Waals surface area contributed by atoms with Gasteiger partial charge in [0.25, 0.3) is 5.91 Å². The van der Waals surface area contributed by atoms with E-state index in [0.29, 0.717) is 27.9 Å². The molecule has 4 rings (SSSR count). The lowest BCUT2D eigenvalue weighted by molar-refractivity contribution is -0.115. The number of carbonyl (C=O) groups is 2. The maximum Gasteiger partial charge on any atom is 0.255 e. The minimum Gasteiger partial charge on any atom is -0.322 e. The van der Waals surface area contributed by atoms with Crippen LogP contribution in [0, 0.1) is 0 Å². The Labute approximate surface area is 191 Å². The van der Waals surface area contributed by atoms with Crippen molar-refractivity contribution in [1.29, 1.82) is 0 Å². The molecule has 0 aromatic heterocycles. The number of nitrogens with zero attached hydrogens (tertiary/aromatic N) is 1. The topological polar surface area (TPSA) is 49.4 Å². The number of carbonyl (C=O) groups excluding carboxylic acids is 2. The molecule has 2 amide bonds. The van der Waals surface area contributed by atoms with Crippen LogP contribution in [0.15, 0.2) is 72.8 Å². The van der Waals surface area contributed by atoms with Gasteiger partial charge in [-0.1, -0.05) is 49.7 Å². The monoisotopic (exact) mass is 450 g/mol. The molecule has 1 atom stereocenters. The standard InChI is InChI=1S/C25H23ClN2O2S/c1-16(2)17-8-12-22(13-9-17)28-23(29)15-31-25(28)19-4-3-5-21(14-19)27-24(30)18-6-10-20(26)11-7-18/h3-14,16,25H,15H2,1-2H3,(H,27,30). The second-order valence-electron chi connectivity index (χ2n) is 7.76. The van der Waals surface area contributed by atoms with Gasteiger partial charge < -0.3 is 5.32 Å². The average molecular weight is 451 g/mol. The van der Waals surface area contributed by atoms with Crippen LogP contribution in [-0.2, 0) is 4.79 Å². The smallest absolute Gasteiger partial charge is 0.255 e. The molecule has 0 saturated carbocycles. The molecule has 3 aromatic rings. The Balaban J connectivity index is 1.56. The lowest BCUT2D eigenvalue weighted by atomic mass is 10.0. The Hall–Kier alpha value is -2.76. The number of hydrogen-bond acceptors (Lipinski definition) is 3. The molecule has 0 aliphatic carbocycles. The van der Waals surface area contributed by atoms with Gasteiger partial charge in [0.2, 0.25) is 5.91 Å². The first-order valence-corrected chi connectivity index (χ1v) is 11.6. The summed E-state index contributed by atoms with van der Waals surface area (Å²) in [6.07, 6.45) is 0. The summed E-state index contributed by atoms with van der Waals surface area (Å²) < 4.78 is 0. The first-order valence-electron chi connectivity index (χ1n) is 10.1. The highest BCUT2D eigenvalue weighted by Gasteiger charge is 2.34. The van der Waals surface area contributed by atoms with E-state index in [0.717, 1.165) is 11.3 Å². The fourth-order valence-electron chi connectivity index (χ4n) is 3.54. The Bertz CT molecular complexity index is 1100. The second-order valence-corrected chi connectivity index (χ2v) is 9.26. The number of hydrogen-bond donors (Lipinski definition) is 1. The number of anilines is 2. The molecule has 1 fully saturated rings. The van der Waals surface area contributed by atoms with Crippen LogP contribution in [0.25, 0.3) is 0 Å². The molecule has 3 aromatic carbocycles. The maximum atomic E-state index is 12.7. The molecule has 31 heavy (non-hydrogen) atoms. The lowest BCUT2D eigenvalue weighted by Gasteiger charge is -2.25. The van der Waals surface area contributed by atoms with Crippen LogP contribution in [0.4, 0.5) is 11.4 Å². The number of thioether (sulfide) groups is 1. The summed E-state index contributed by atoms with van der Waals surface area (Å²) in [4.78, 5) is 27.1. The van der Waals surface area contributed by atoms with Gasteiger partial charge in [0.15, 0.2) is 0 Å². The second kappa shape index (κ2) is 9.16. The summed E-state index contributed by atoms with van der Waals surface area (Å²) in [5.74, 6) is 0.750. The van der Waals surface area contributed by atoms with Crippen LogP contribution < -0.4 is 10.2 Å². The van der Waals surface area contributed by atoms with Crippen LogP contribution in [0.1, 0.15) is 46.6 Å². The van der Waals surface area contributed by atoms with Crippen molar-refractivity contribution in [2.45, 2.75) is 25.1 Å².